The lowest BCUT2D eigenvalue weighted by Crippen LogP contribution is -2.43. The van der Waals surface area contributed by atoms with Gasteiger partial charge >= 0.3 is 5.30 Å². The van der Waals surface area contributed by atoms with Crippen molar-refractivity contribution in [3.63, 3.8) is 0 Å². The summed E-state index contributed by atoms with van der Waals surface area (Å²) in [5.74, 6) is 0.0435. The molecule has 0 aromatic carbocycles. The fourth-order valence-corrected chi connectivity index (χ4v) is 2.17. The van der Waals surface area contributed by atoms with E-state index >= 15 is 0 Å². The van der Waals surface area contributed by atoms with Gasteiger partial charge < -0.3 is 9.22 Å². The van der Waals surface area contributed by atoms with Crippen LogP contribution < -0.4 is 0 Å². The van der Waals surface area contributed by atoms with Crippen LogP contribution in [-0.2, 0) is 9.53 Å². The fraction of sp³-hybridized carbons (Fsp3) is 0.846. The van der Waals surface area contributed by atoms with E-state index in [9.17, 15) is 9.59 Å². The highest BCUT2D eigenvalue weighted by molar-refractivity contribution is 8.14. The summed E-state index contributed by atoms with van der Waals surface area (Å²) in [6, 6.07) is 0. The predicted octanol–water partition coefficient (Wildman–Crippen LogP) is 2.71. The summed E-state index contributed by atoms with van der Waals surface area (Å²) in [6.45, 7) is 8.03. The molecule has 0 amide bonds. The Morgan fingerprint density at radius 1 is 1.22 bits per heavy atom. The number of hydrogen-bond donors (Lipinski definition) is 0. The second-order valence-corrected chi connectivity index (χ2v) is 8.35. The van der Waals surface area contributed by atoms with Crippen molar-refractivity contribution < 1.29 is 18.8 Å². The molecule has 4 nitrogen and oxygen atoms in total. The number of rotatable bonds is 5. The topological polar surface area (TPSA) is 43.4 Å². The molecule has 0 fully saturated rings. The fourth-order valence-electron chi connectivity index (χ4n) is 1.49. The number of Topliss-reactive ketones (excluding diaryl/α,β-unsaturated/α-hetero) is 1. The number of ether oxygens (including phenoxy) is 1. The van der Waals surface area contributed by atoms with Crippen molar-refractivity contribution >= 4 is 22.8 Å². The molecule has 1 atom stereocenters. The second-order valence-electron chi connectivity index (χ2n) is 6.58. The molecule has 0 spiro atoms. The maximum absolute atomic E-state index is 11.8. The second kappa shape index (κ2) is 6.57. The first-order valence-corrected chi connectivity index (χ1v) is 6.90. The van der Waals surface area contributed by atoms with E-state index in [1.807, 2.05) is 41.9 Å². The van der Waals surface area contributed by atoms with Crippen molar-refractivity contribution in [2.45, 2.75) is 45.0 Å². The first-order chi connectivity index (χ1) is 7.89. The molecule has 0 radical (unpaired) electrons. The van der Waals surface area contributed by atoms with Gasteiger partial charge in [-0.1, -0.05) is 20.8 Å². The minimum absolute atomic E-state index is 0.0435. The van der Waals surface area contributed by atoms with Crippen molar-refractivity contribution in [3.8, 4) is 0 Å². The van der Waals surface area contributed by atoms with E-state index in [-0.39, 0.29) is 28.4 Å². The SMILES string of the molecule is CC(=O)C[C@@H](C[N+](C)(C)C)OC(=O)SC(C)(C)C. The standard InChI is InChI=1S/C13H26NO3S/c1-10(15)8-11(9-14(5,6)7)17-12(16)18-13(2,3)4/h11H,8-9H2,1-7H3/q+1/t11-/m0/s1. The van der Waals surface area contributed by atoms with Gasteiger partial charge in [-0.3, -0.25) is 4.79 Å². The molecule has 0 aromatic rings. The van der Waals surface area contributed by atoms with Gasteiger partial charge in [0, 0.05) is 11.2 Å². The van der Waals surface area contributed by atoms with E-state index in [2.05, 4.69) is 0 Å². The Bertz CT molecular complexity index is 302. The lowest BCUT2D eigenvalue weighted by Gasteiger charge is -2.29. The van der Waals surface area contributed by atoms with E-state index in [0.717, 1.165) is 11.8 Å². The largest absolute Gasteiger partial charge is 0.448 e. The van der Waals surface area contributed by atoms with Crippen molar-refractivity contribution in [1.82, 2.24) is 0 Å². The number of carbonyl (C=O) groups is 2. The summed E-state index contributed by atoms with van der Waals surface area (Å²) in [6.07, 6.45) is -0.0590. The lowest BCUT2D eigenvalue weighted by molar-refractivity contribution is -0.873. The third-order valence-electron chi connectivity index (χ3n) is 1.92. The quantitative estimate of drug-likeness (QED) is 0.572. The molecule has 0 unspecified atom stereocenters. The molecule has 0 aliphatic rings. The van der Waals surface area contributed by atoms with Crippen LogP contribution in [0.4, 0.5) is 4.79 Å². The van der Waals surface area contributed by atoms with E-state index in [0.29, 0.717) is 11.0 Å². The number of nitrogens with zero attached hydrogens (tertiary/aromatic N) is 1. The van der Waals surface area contributed by atoms with E-state index in [1.165, 1.54) is 6.92 Å². The molecule has 18 heavy (non-hydrogen) atoms. The minimum atomic E-state index is -0.343. The normalized spacial score (nSPS) is 14.2. The summed E-state index contributed by atoms with van der Waals surface area (Å²) in [5, 5.41) is -0.304. The molecule has 0 aliphatic carbocycles. The average molecular weight is 276 g/mol. The van der Waals surface area contributed by atoms with Gasteiger partial charge in [0.1, 0.15) is 12.3 Å². The first-order valence-electron chi connectivity index (χ1n) is 6.08. The van der Waals surface area contributed by atoms with Crippen LogP contribution in [0.5, 0.6) is 0 Å². The molecule has 0 aliphatic heterocycles. The molecule has 0 bridgehead atoms. The maximum Gasteiger partial charge on any atom is 0.368 e. The number of thioether (sulfide) groups is 1. The van der Waals surface area contributed by atoms with Gasteiger partial charge in [-0.05, 0) is 18.7 Å². The highest BCUT2D eigenvalue weighted by Gasteiger charge is 2.26. The third kappa shape index (κ3) is 10.6. The Morgan fingerprint density at radius 2 is 1.72 bits per heavy atom. The molecule has 0 N–H and O–H groups in total. The molecule has 0 aromatic heterocycles. The average Bonchev–Trinajstić information content (AvgIpc) is 1.92. The van der Waals surface area contributed by atoms with Crippen molar-refractivity contribution in [1.29, 1.82) is 0 Å². The zero-order chi connectivity index (χ0) is 14.6. The van der Waals surface area contributed by atoms with Gasteiger partial charge in [-0.2, -0.15) is 0 Å². The molecular weight excluding hydrogens is 250 g/mol. The van der Waals surface area contributed by atoms with E-state index < -0.39 is 0 Å². The number of ketones is 1. The molecular formula is C13H26NO3S+. The zero-order valence-electron chi connectivity index (χ0n) is 12.6. The Labute approximate surface area is 115 Å². The molecule has 0 saturated carbocycles. The van der Waals surface area contributed by atoms with Gasteiger partial charge in [0.25, 0.3) is 0 Å². The zero-order valence-corrected chi connectivity index (χ0v) is 13.4. The van der Waals surface area contributed by atoms with Crippen LogP contribution >= 0.6 is 11.8 Å². The molecule has 0 saturated heterocycles. The number of quaternary nitrogens is 1. The number of likely N-dealkylation sites (N-methyl/N-ethyl adjacent to an activating group) is 1. The summed E-state index contributed by atoms with van der Waals surface area (Å²) in [4.78, 5) is 23.0. The van der Waals surface area contributed by atoms with Gasteiger partial charge in [-0.25, -0.2) is 4.79 Å². The van der Waals surface area contributed by atoms with Crippen LogP contribution in [0, 0.1) is 0 Å². The van der Waals surface area contributed by atoms with Gasteiger partial charge in [0.15, 0.2) is 6.10 Å². The number of hydrogen-bond acceptors (Lipinski definition) is 4. The van der Waals surface area contributed by atoms with E-state index in [1.54, 1.807) is 0 Å². The summed E-state index contributed by atoms with van der Waals surface area (Å²) in [7, 11) is 6.04. The monoisotopic (exact) mass is 276 g/mol. The van der Waals surface area contributed by atoms with Gasteiger partial charge in [0.2, 0.25) is 0 Å². The Morgan fingerprint density at radius 3 is 2.06 bits per heavy atom. The Kier molecular flexibility index (Phi) is 6.37. The van der Waals surface area contributed by atoms with E-state index in [4.69, 9.17) is 4.74 Å². The molecule has 5 heteroatoms. The summed E-state index contributed by atoms with van der Waals surface area (Å²) in [5.41, 5.74) is 0. The third-order valence-corrected chi connectivity index (χ3v) is 2.79. The Hall–Kier alpha value is -0.550. The molecule has 106 valence electrons. The van der Waals surface area contributed by atoms with Crippen molar-refractivity contribution in [2.24, 2.45) is 0 Å². The van der Waals surface area contributed by atoms with Crippen LogP contribution in [0.25, 0.3) is 0 Å². The summed E-state index contributed by atoms with van der Waals surface area (Å²) < 4.78 is 5.89. The minimum Gasteiger partial charge on any atom is -0.448 e. The van der Waals surface area contributed by atoms with Gasteiger partial charge in [-0.15, -0.1) is 0 Å². The highest BCUT2D eigenvalue weighted by atomic mass is 32.2. The van der Waals surface area contributed by atoms with Crippen LogP contribution in [0.15, 0.2) is 0 Å². The Balaban J connectivity index is 4.50. The van der Waals surface area contributed by atoms with Crippen LogP contribution in [0.3, 0.4) is 0 Å². The van der Waals surface area contributed by atoms with Crippen molar-refractivity contribution in [3.05, 3.63) is 0 Å². The number of carbonyl (C=O) groups excluding carboxylic acids is 2. The van der Waals surface area contributed by atoms with Crippen LogP contribution in [0.1, 0.15) is 34.1 Å². The maximum atomic E-state index is 11.8. The predicted molar refractivity (Wildman–Crippen MR) is 75.8 cm³/mol. The van der Waals surface area contributed by atoms with Gasteiger partial charge in [0.05, 0.1) is 21.1 Å². The smallest absolute Gasteiger partial charge is 0.368 e. The van der Waals surface area contributed by atoms with Crippen LogP contribution in [0.2, 0.25) is 0 Å². The van der Waals surface area contributed by atoms with Crippen molar-refractivity contribution in [2.75, 3.05) is 27.7 Å². The highest BCUT2D eigenvalue weighted by Crippen LogP contribution is 2.26. The van der Waals surface area contributed by atoms with Crippen LogP contribution in [-0.4, -0.2) is 54.1 Å². The lowest BCUT2D eigenvalue weighted by atomic mass is 10.2. The summed E-state index contributed by atoms with van der Waals surface area (Å²) >= 11 is 1.16. The molecule has 0 rings (SSSR count). The molecule has 0 heterocycles. The first kappa shape index (κ1) is 17.4.